The van der Waals surface area contributed by atoms with Crippen LogP contribution in [-0.4, -0.2) is 84.5 Å². The zero-order valence-corrected chi connectivity index (χ0v) is 16.8. The number of aryl methyl sites for hydroxylation is 1. The van der Waals surface area contributed by atoms with Gasteiger partial charge in [0.25, 0.3) is 0 Å². The molecule has 0 bridgehead atoms. The fraction of sp³-hybridized carbons (Fsp3) is 0.571. The molecule has 3 heterocycles. The minimum Gasteiger partial charge on any atom is -0.378 e. The molecular formula is C21H28N4O4. The van der Waals surface area contributed by atoms with Crippen LogP contribution in [0, 0.1) is 12.8 Å². The number of likely N-dealkylation sites (tertiary alicyclic amines) is 2. The monoisotopic (exact) mass is 400 g/mol. The van der Waals surface area contributed by atoms with Crippen LogP contribution in [0.1, 0.15) is 17.5 Å². The molecule has 8 nitrogen and oxygen atoms in total. The van der Waals surface area contributed by atoms with Crippen LogP contribution in [0.3, 0.4) is 0 Å². The normalized spacial score (nSPS) is 22.6. The number of urea groups is 1. The topological polar surface area (TPSA) is 82.2 Å². The van der Waals surface area contributed by atoms with E-state index in [1.807, 2.05) is 31.2 Å². The Morgan fingerprint density at radius 1 is 1.07 bits per heavy atom. The van der Waals surface area contributed by atoms with Crippen LogP contribution >= 0.6 is 0 Å². The first-order valence-corrected chi connectivity index (χ1v) is 10.3. The molecule has 0 aromatic heterocycles. The second kappa shape index (κ2) is 8.41. The molecule has 3 saturated heterocycles. The molecule has 1 aromatic rings. The third-order valence-corrected chi connectivity index (χ3v) is 5.99. The lowest BCUT2D eigenvalue weighted by Crippen LogP contribution is -2.63. The van der Waals surface area contributed by atoms with E-state index >= 15 is 0 Å². The van der Waals surface area contributed by atoms with Crippen molar-refractivity contribution in [2.24, 2.45) is 5.92 Å². The van der Waals surface area contributed by atoms with Crippen LogP contribution in [0.2, 0.25) is 0 Å². The molecule has 0 saturated carbocycles. The van der Waals surface area contributed by atoms with Gasteiger partial charge in [0.15, 0.2) is 0 Å². The lowest BCUT2D eigenvalue weighted by atomic mass is 10.1. The summed E-state index contributed by atoms with van der Waals surface area (Å²) in [6, 6.07) is 7.94. The number of rotatable bonds is 4. The van der Waals surface area contributed by atoms with Gasteiger partial charge in [0, 0.05) is 45.7 Å². The number of hydrogen-bond acceptors (Lipinski definition) is 4. The second-order valence-corrected chi connectivity index (χ2v) is 8.09. The summed E-state index contributed by atoms with van der Waals surface area (Å²) in [5.74, 6) is -0.206. The van der Waals surface area contributed by atoms with Gasteiger partial charge in [-0.05, 0) is 12.5 Å². The molecule has 156 valence electrons. The number of amides is 4. The van der Waals surface area contributed by atoms with E-state index in [9.17, 15) is 14.4 Å². The van der Waals surface area contributed by atoms with Crippen molar-refractivity contribution in [3.63, 3.8) is 0 Å². The summed E-state index contributed by atoms with van der Waals surface area (Å²) < 4.78 is 5.29. The van der Waals surface area contributed by atoms with Gasteiger partial charge in [-0.15, -0.1) is 0 Å². The van der Waals surface area contributed by atoms with Crippen LogP contribution in [0.4, 0.5) is 4.79 Å². The Balaban J connectivity index is 1.23. The van der Waals surface area contributed by atoms with Gasteiger partial charge in [0.05, 0.1) is 25.2 Å². The predicted molar refractivity (Wildman–Crippen MR) is 106 cm³/mol. The first-order valence-electron chi connectivity index (χ1n) is 10.3. The maximum absolute atomic E-state index is 12.7. The van der Waals surface area contributed by atoms with Crippen molar-refractivity contribution < 1.29 is 19.1 Å². The molecule has 3 fully saturated rings. The lowest BCUT2D eigenvalue weighted by Gasteiger charge is -2.43. The summed E-state index contributed by atoms with van der Waals surface area (Å²) >= 11 is 0. The molecule has 4 rings (SSSR count). The van der Waals surface area contributed by atoms with Crippen molar-refractivity contribution in [2.45, 2.75) is 25.9 Å². The van der Waals surface area contributed by atoms with Crippen molar-refractivity contribution in [3.8, 4) is 0 Å². The molecule has 0 radical (unpaired) electrons. The molecule has 0 spiro atoms. The zero-order chi connectivity index (χ0) is 20.4. The highest BCUT2D eigenvalue weighted by molar-refractivity contribution is 5.89. The summed E-state index contributed by atoms with van der Waals surface area (Å²) in [4.78, 5) is 42.7. The van der Waals surface area contributed by atoms with Crippen molar-refractivity contribution in [2.75, 3.05) is 45.9 Å². The number of nitrogens with zero attached hydrogens (tertiary/aromatic N) is 3. The standard InChI is InChI=1S/C21H28N4O4/c1-15-2-4-16(5-3-15)11-22-21(28)24-13-18(14-24)25-12-17(10-19(25)26)20(27)23-6-8-29-9-7-23/h2-5,17-18H,6-14H2,1H3,(H,22,28). The molecule has 1 N–H and O–H groups in total. The van der Waals surface area contributed by atoms with E-state index < -0.39 is 0 Å². The molecule has 29 heavy (non-hydrogen) atoms. The van der Waals surface area contributed by atoms with Crippen molar-refractivity contribution in [1.82, 2.24) is 20.0 Å². The summed E-state index contributed by atoms with van der Waals surface area (Å²) in [7, 11) is 0. The highest BCUT2D eigenvalue weighted by atomic mass is 16.5. The van der Waals surface area contributed by atoms with Gasteiger partial charge < -0.3 is 24.8 Å². The van der Waals surface area contributed by atoms with E-state index in [2.05, 4.69) is 5.32 Å². The van der Waals surface area contributed by atoms with Gasteiger partial charge in [-0.1, -0.05) is 29.8 Å². The number of carbonyl (C=O) groups excluding carboxylic acids is 3. The van der Waals surface area contributed by atoms with Crippen molar-refractivity contribution in [1.29, 1.82) is 0 Å². The minimum absolute atomic E-state index is 0.00936. The largest absolute Gasteiger partial charge is 0.378 e. The van der Waals surface area contributed by atoms with Gasteiger partial charge >= 0.3 is 6.03 Å². The fourth-order valence-corrected chi connectivity index (χ4v) is 4.11. The molecule has 1 aromatic carbocycles. The number of carbonyl (C=O) groups is 3. The first kappa shape index (κ1) is 19.7. The summed E-state index contributed by atoms with van der Waals surface area (Å²) in [5.41, 5.74) is 2.24. The van der Waals surface area contributed by atoms with E-state index in [1.165, 1.54) is 5.56 Å². The van der Waals surface area contributed by atoms with Crippen LogP contribution in [0.5, 0.6) is 0 Å². The van der Waals surface area contributed by atoms with Crippen molar-refractivity contribution >= 4 is 17.8 Å². The zero-order valence-electron chi connectivity index (χ0n) is 16.8. The Kier molecular flexibility index (Phi) is 5.71. The number of ether oxygens (including phenoxy) is 1. The minimum atomic E-state index is -0.273. The number of nitrogens with one attached hydrogen (secondary N) is 1. The Labute approximate surface area is 170 Å². The molecule has 3 aliphatic rings. The maximum atomic E-state index is 12.7. The van der Waals surface area contributed by atoms with E-state index in [1.54, 1.807) is 14.7 Å². The summed E-state index contributed by atoms with van der Waals surface area (Å²) in [5, 5.41) is 2.92. The quantitative estimate of drug-likeness (QED) is 0.802. The Hall–Kier alpha value is -2.61. The van der Waals surface area contributed by atoms with Gasteiger partial charge in [-0.3, -0.25) is 9.59 Å². The molecule has 0 aliphatic carbocycles. The van der Waals surface area contributed by atoms with E-state index in [-0.39, 0.29) is 36.2 Å². The van der Waals surface area contributed by atoms with Crippen molar-refractivity contribution in [3.05, 3.63) is 35.4 Å². The average Bonchev–Trinajstić information content (AvgIpc) is 3.08. The SMILES string of the molecule is Cc1ccc(CNC(=O)N2CC(N3CC(C(=O)N4CCOCC4)CC3=O)C2)cc1. The predicted octanol–water partition coefficient (Wildman–Crippen LogP) is 0.596. The van der Waals surface area contributed by atoms with Gasteiger partial charge in [0.2, 0.25) is 11.8 Å². The van der Waals surface area contributed by atoms with Crippen LogP contribution in [-0.2, 0) is 20.9 Å². The summed E-state index contributed by atoms with van der Waals surface area (Å²) in [6.07, 6.45) is 0.270. The number of hydrogen-bond donors (Lipinski definition) is 1. The number of benzene rings is 1. The van der Waals surface area contributed by atoms with Gasteiger partial charge in [0.1, 0.15) is 0 Å². The van der Waals surface area contributed by atoms with E-state index in [4.69, 9.17) is 4.74 Å². The smallest absolute Gasteiger partial charge is 0.317 e. The highest BCUT2D eigenvalue weighted by Gasteiger charge is 2.44. The molecule has 4 amide bonds. The van der Waals surface area contributed by atoms with Crippen LogP contribution < -0.4 is 5.32 Å². The van der Waals surface area contributed by atoms with Gasteiger partial charge in [-0.2, -0.15) is 0 Å². The Bertz CT molecular complexity index is 769. The van der Waals surface area contributed by atoms with Crippen LogP contribution in [0.25, 0.3) is 0 Å². The van der Waals surface area contributed by atoms with Gasteiger partial charge in [-0.25, -0.2) is 4.79 Å². The number of morpholine rings is 1. The Morgan fingerprint density at radius 3 is 2.45 bits per heavy atom. The molecular weight excluding hydrogens is 372 g/mol. The maximum Gasteiger partial charge on any atom is 0.317 e. The average molecular weight is 400 g/mol. The molecule has 1 unspecified atom stereocenters. The Morgan fingerprint density at radius 2 is 1.76 bits per heavy atom. The molecule has 1 atom stereocenters. The van der Waals surface area contributed by atoms with E-state index in [0.717, 1.165) is 5.56 Å². The molecule has 3 aliphatic heterocycles. The first-order chi connectivity index (χ1) is 14.0. The lowest BCUT2D eigenvalue weighted by molar-refractivity contribution is -0.139. The third kappa shape index (κ3) is 4.37. The second-order valence-electron chi connectivity index (χ2n) is 8.09. The molecule has 8 heteroatoms. The third-order valence-electron chi connectivity index (χ3n) is 5.99. The van der Waals surface area contributed by atoms with Crippen LogP contribution in [0.15, 0.2) is 24.3 Å². The summed E-state index contributed by atoms with van der Waals surface area (Å²) in [6.45, 7) is 6.33. The fourth-order valence-electron chi connectivity index (χ4n) is 4.11. The van der Waals surface area contributed by atoms with E-state index in [0.29, 0.717) is 52.5 Å². The highest BCUT2D eigenvalue weighted by Crippen LogP contribution is 2.26.